The van der Waals surface area contributed by atoms with Crippen molar-refractivity contribution in [1.82, 2.24) is 14.7 Å². The molecule has 3 amide bonds. The van der Waals surface area contributed by atoms with E-state index in [4.69, 9.17) is 0 Å². The molecule has 3 aromatic rings. The number of benzene rings is 2. The molecule has 0 radical (unpaired) electrons. The van der Waals surface area contributed by atoms with Gasteiger partial charge in [0.2, 0.25) is 5.91 Å². The van der Waals surface area contributed by atoms with Crippen molar-refractivity contribution in [2.75, 3.05) is 11.9 Å². The Morgan fingerprint density at radius 3 is 2.59 bits per heavy atom. The van der Waals surface area contributed by atoms with Crippen LogP contribution in [0, 0.1) is 0 Å². The van der Waals surface area contributed by atoms with E-state index < -0.39 is 0 Å². The zero-order chi connectivity index (χ0) is 20.4. The summed E-state index contributed by atoms with van der Waals surface area (Å²) in [5.41, 5.74) is 2.38. The lowest BCUT2D eigenvalue weighted by Crippen LogP contribution is -2.32. The minimum absolute atomic E-state index is 0.0104. The average Bonchev–Trinajstić information content (AvgIpc) is 3.23. The minimum Gasteiger partial charge on any atom is -0.323 e. The minimum atomic E-state index is -0.380. The summed E-state index contributed by atoms with van der Waals surface area (Å²) in [5.74, 6) is -1.04. The van der Waals surface area contributed by atoms with Gasteiger partial charge in [0.25, 0.3) is 11.8 Å². The second-order valence-electron chi connectivity index (χ2n) is 6.66. The number of anilines is 1. The van der Waals surface area contributed by atoms with Crippen LogP contribution in [0.25, 0.3) is 0 Å². The number of fused-ring (bicyclic) bond motifs is 1. The van der Waals surface area contributed by atoms with Gasteiger partial charge < -0.3 is 5.32 Å². The molecular formula is C21H17BrN4O3. The van der Waals surface area contributed by atoms with Crippen molar-refractivity contribution in [3.05, 3.63) is 82.1 Å². The topological polar surface area (TPSA) is 84.3 Å². The SMILES string of the molecule is O=C(CCN1C(=O)c2ccc(Br)cc2C1=O)Nc1cnn(Cc2ccccc2)c1. The van der Waals surface area contributed by atoms with E-state index in [2.05, 4.69) is 26.3 Å². The van der Waals surface area contributed by atoms with E-state index >= 15 is 0 Å². The first-order valence-electron chi connectivity index (χ1n) is 9.03. The molecule has 4 rings (SSSR count). The van der Waals surface area contributed by atoms with Crippen molar-refractivity contribution in [1.29, 1.82) is 0 Å². The average molecular weight is 453 g/mol. The fraction of sp³-hybridized carbons (Fsp3) is 0.143. The highest BCUT2D eigenvalue weighted by Gasteiger charge is 2.35. The number of nitrogens with one attached hydrogen (secondary N) is 1. The van der Waals surface area contributed by atoms with Crippen molar-refractivity contribution in [2.24, 2.45) is 0 Å². The number of rotatable bonds is 6. The number of carbonyl (C=O) groups is 3. The summed E-state index contributed by atoms with van der Waals surface area (Å²) in [5, 5.41) is 6.99. The summed E-state index contributed by atoms with van der Waals surface area (Å²) >= 11 is 3.30. The molecule has 2 heterocycles. The maximum atomic E-state index is 12.4. The first-order valence-corrected chi connectivity index (χ1v) is 9.82. The molecule has 29 heavy (non-hydrogen) atoms. The Bertz CT molecular complexity index is 1090. The van der Waals surface area contributed by atoms with Gasteiger partial charge >= 0.3 is 0 Å². The number of nitrogens with zero attached hydrogens (tertiary/aromatic N) is 3. The van der Waals surface area contributed by atoms with E-state index in [-0.39, 0.29) is 30.7 Å². The van der Waals surface area contributed by atoms with E-state index in [9.17, 15) is 14.4 Å². The predicted molar refractivity (Wildman–Crippen MR) is 111 cm³/mol. The van der Waals surface area contributed by atoms with Crippen LogP contribution in [-0.4, -0.2) is 38.9 Å². The molecule has 0 unspecified atom stereocenters. The van der Waals surface area contributed by atoms with Gasteiger partial charge in [-0.1, -0.05) is 46.3 Å². The fourth-order valence-electron chi connectivity index (χ4n) is 3.19. The summed E-state index contributed by atoms with van der Waals surface area (Å²) in [7, 11) is 0. The van der Waals surface area contributed by atoms with Gasteiger partial charge in [0.05, 0.1) is 29.6 Å². The summed E-state index contributed by atoms with van der Waals surface area (Å²) in [6.45, 7) is 0.620. The molecule has 0 saturated carbocycles. The lowest BCUT2D eigenvalue weighted by molar-refractivity contribution is -0.116. The van der Waals surface area contributed by atoms with Crippen LogP contribution in [0.4, 0.5) is 5.69 Å². The molecule has 2 aromatic carbocycles. The van der Waals surface area contributed by atoms with Crippen LogP contribution in [0.15, 0.2) is 65.4 Å². The summed E-state index contributed by atoms with van der Waals surface area (Å²) in [4.78, 5) is 38.2. The molecule has 0 saturated heterocycles. The van der Waals surface area contributed by atoms with Gasteiger partial charge in [-0.15, -0.1) is 0 Å². The predicted octanol–water partition coefficient (Wildman–Crippen LogP) is 3.32. The molecule has 1 aromatic heterocycles. The number of hydrogen-bond acceptors (Lipinski definition) is 4. The zero-order valence-corrected chi connectivity index (χ0v) is 16.9. The Balaban J connectivity index is 1.33. The van der Waals surface area contributed by atoms with Gasteiger partial charge in [0.15, 0.2) is 0 Å². The van der Waals surface area contributed by atoms with Gasteiger partial charge in [-0.05, 0) is 23.8 Å². The Morgan fingerprint density at radius 2 is 1.79 bits per heavy atom. The lowest BCUT2D eigenvalue weighted by atomic mass is 10.1. The summed E-state index contributed by atoms with van der Waals surface area (Å²) in [6, 6.07) is 14.8. The van der Waals surface area contributed by atoms with Crippen molar-refractivity contribution < 1.29 is 14.4 Å². The second-order valence-corrected chi connectivity index (χ2v) is 7.58. The van der Waals surface area contributed by atoms with Gasteiger partial charge in [0, 0.05) is 23.6 Å². The van der Waals surface area contributed by atoms with Crippen LogP contribution in [0.3, 0.4) is 0 Å². The second kappa shape index (κ2) is 8.00. The smallest absolute Gasteiger partial charge is 0.261 e. The van der Waals surface area contributed by atoms with Crippen molar-refractivity contribution in [3.63, 3.8) is 0 Å². The molecule has 0 spiro atoms. The van der Waals surface area contributed by atoms with E-state index in [0.29, 0.717) is 23.4 Å². The first-order chi connectivity index (χ1) is 14.0. The molecule has 1 aliphatic rings. The van der Waals surface area contributed by atoms with E-state index in [1.54, 1.807) is 35.3 Å². The van der Waals surface area contributed by atoms with Crippen molar-refractivity contribution in [2.45, 2.75) is 13.0 Å². The number of halogens is 1. The number of carbonyl (C=O) groups excluding carboxylic acids is 3. The molecule has 8 heteroatoms. The van der Waals surface area contributed by atoms with Gasteiger partial charge in [-0.3, -0.25) is 24.0 Å². The first kappa shape index (κ1) is 19.1. The Morgan fingerprint density at radius 1 is 1.03 bits per heavy atom. The van der Waals surface area contributed by atoms with Gasteiger partial charge in [0.1, 0.15) is 0 Å². The van der Waals surface area contributed by atoms with E-state index in [1.807, 2.05) is 30.3 Å². The lowest BCUT2D eigenvalue weighted by Gasteiger charge is -2.13. The number of imide groups is 1. The normalized spacial score (nSPS) is 12.9. The van der Waals surface area contributed by atoms with Crippen LogP contribution in [0.2, 0.25) is 0 Å². The highest BCUT2D eigenvalue weighted by Crippen LogP contribution is 2.26. The summed E-state index contributed by atoms with van der Waals surface area (Å²) < 4.78 is 2.46. The summed E-state index contributed by atoms with van der Waals surface area (Å²) in [6.07, 6.45) is 3.32. The molecule has 7 nitrogen and oxygen atoms in total. The van der Waals surface area contributed by atoms with Gasteiger partial charge in [-0.2, -0.15) is 5.10 Å². The van der Waals surface area contributed by atoms with Crippen LogP contribution >= 0.6 is 15.9 Å². The molecular weight excluding hydrogens is 436 g/mol. The third kappa shape index (κ3) is 4.12. The number of aromatic nitrogens is 2. The van der Waals surface area contributed by atoms with Crippen LogP contribution in [-0.2, 0) is 11.3 Å². The quantitative estimate of drug-likeness (QED) is 0.581. The monoisotopic (exact) mass is 452 g/mol. The van der Waals surface area contributed by atoms with Crippen LogP contribution in [0.5, 0.6) is 0 Å². The van der Waals surface area contributed by atoms with Crippen LogP contribution in [0.1, 0.15) is 32.7 Å². The Kier molecular flexibility index (Phi) is 5.26. The maximum Gasteiger partial charge on any atom is 0.261 e. The molecule has 0 atom stereocenters. The molecule has 146 valence electrons. The maximum absolute atomic E-state index is 12.4. The highest BCUT2D eigenvalue weighted by atomic mass is 79.9. The largest absolute Gasteiger partial charge is 0.323 e. The van der Waals surface area contributed by atoms with E-state index in [0.717, 1.165) is 14.9 Å². The van der Waals surface area contributed by atoms with Gasteiger partial charge in [-0.25, -0.2) is 0 Å². The van der Waals surface area contributed by atoms with Crippen molar-refractivity contribution in [3.8, 4) is 0 Å². The Labute approximate surface area is 175 Å². The van der Waals surface area contributed by atoms with Crippen molar-refractivity contribution >= 4 is 39.3 Å². The molecule has 0 fully saturated rings. The highest BCUT2D eigenvalue weighted by molar-refractivity contribution is 9.10. The zero-order valence-electron chi connectivity index (χ0n) is 15.3. The molecule has 0 aliphatic carbocycles. The standard InChI is InChI=1S/C21H17BrN4O3/c22-15-6-7-17-18(10-15)21(29)26(20(17)28)9-8-19(27)24-16-11-23-25(13-16)12-14-4-2-1-3-5-14/h1-7,10-11,13H,8-9,12H2,(H,24,27). The third-order valence-corrected chi connectivity index (χ3v) is 5.09. The number of hydrogen-bond donors (Lipinski definition) is 1. The number of amides is 3. The molecule has 0 bridgehead atoms. The third-order valence-electron chi connectivity index (χ3n) is 4.60. The molecule has 1 aliphatic heterocycles. The van der Waals surface area contributed by atoms with E-state index in [1.165, 1.54) is 0 Å². The molecule has 1 N–H and O–H groups in total. The fourth-order valence-corrected chi connectivity index (χ4v) is 3.55. The van der Waals surface area contributed by atoms with Crippen LogP contribution < -0.4 is 5.32 Å². The Hall–Kier alpha value is -3.26.